The van der Waals surface area contributed by atoms with Gasteiger partial charge in [0.25, 0.3) is 11.6 Å². The Morgan fingerprint density at radius 3 is 2.58 bits per heavy atom. The number of amides is 1. The van der Waals surface area contributed by atoms with Gasteiger partial charge in [-0.25, -0.2) is 4.39 Å². The second-order valence-corrected chi connectivity index (χ2v) is 6.22. The number of non-ortho nitro benzene ring substituents is 1. The number of hydrogen-bond acceptors (Lipinski definition) is 4. The first-order chi connectivity index (χ1) is 12.5. The molecule has 6 nitrogen and oxygen atoms in total. The first-order valence-corrected chi connectivity index (χ1v) is 8.43. The summed E-state index contributed by atoms with van der Waals surface area (Å²) in [6.45, 7) is 1.12. The molecule has 1 atom stereocenters. The monoisotopic (exact) mass is 358 g/mol. The van der Waals surface area contributed by atoms with Crippen molar-refractivity contribution in [1.29, 1.82) is 0 Å². The number of benzene rings is 2. The van der Waals surface area contributed by atoms with Crippen LogP contribution in [0, 0.1) is 15.9 Å². The van der Waals surface area contributed by atoms with Crippen molar-refractivity contribution >= 4 is 11.6 Å². The molecule has 1 saturated heterocycles. The number of rotatable bonds is 6. The molecule has 2 aromatic carbocycles. The molecule has 1 fully saturated rings. The number of halogens is 1. The third-order valence-electron chi connectivity index (χ3n) is 4.38. The number of nitro groups is 1. The summed E-state index contributed by atoms with van der Waals surface area (Å²) in [6.07, 6.45) is 1.70. The van der Waals surface area contributed by atoms with Crippen molar-refractivity contribution in [3.63, 3.8) is 0 Å². The topological polar surface area (TPSA) is 72.7 Å². The minimum absolute atomic E-state index is 0.0798. The van der Waals surface area contributed by atoms with Crippen LogP contribution in [0.3, 0.4) is 0 Å². The molecule has 0 bridgehead atoms. The first kappa shape index (κ1) is 18.0. The lowest BCUT2D eigenvalue weighted by Crippen LogP contribution is -2.37. The molecule has 26 heavy (non-hydrogen) atoms. The summed E-state index contributed by atoms with van der Waals surface area (Å²) in [4.78, 5) is 24.7. The van der Waals surface area contributed by atoms with Gasteiger partial charge in [0.2, 0.25) is 0 Å². The minimum atomic E-state index is -0.516. The van der Waals surface area contributed by atoms with E-state index in [4.69, 9.17) is 4.74 Å². The number of carbonyl (C=O) groups is 1. The number of carbonyl (C=O) groups excluding carboxylic acids is 1. The average Bonchev–Trinajstić information content (AvgIpc) is 3.15. The largest absolute Gasteiger partial charge is 0.376 e. The SMILES string of the molecule is O=C(c1ccc([N+](=O)[O-])cc1)N(Cc1ccccc1F)CC1CCCO1. The summed E-state index contributed by atoms with van der Waals surface area (Å²) in [5.41, 5.74) is 0.659. The third kappa shape index (κ3) is 4.23. The van der Waals surface area contributed by atoms with Gasteiger partial charge in [0.15, 0.2) is 0 Å². The second-order valence-electron chi connectivity index (χ2n) is 6.22. The van der Waals surface area contributed by atoms with Crippen molar-refractivity contribution in [1.82, 2.24) is 4.90 Å². The molecule has 136 valence electrons. The fourth-order valence-electron chi connectivity index (χ4n) is 2.99. The molecule has 1 amide bonds. The molecule has 1 unspecified atom stereocenters. The van der Waals surface area contributed by atoms with E-state index < -0.39 is 4.92 Å². The van der Waals surface area contributed by atoms with Crippen LogP contribution in [0.25, 0.3) is 0 Å². The molecule has 0 radical (unpaired) electrons. The van der Waals surface area contributed by atoms with Gasteiger partial charge in [0, 0.05) is 43.0 Å². The molecule has 1 aliphatic heterocycles. The van der Waals surface area contributed by atoms with Crippen LogP contribution < -0.4 is 0 Å². The van der Waals surface area contributed by atoms with E-state index in [1.54, 1.807) is 18.2 Å². The van der Waals surface area contributed by atoms with Crippen molar-refractivity contribution in [2.75, 3.05) is 13.2 Å². The van der Waals surface area contributed by atoms with E-state index in [1.807, 2.05) is 0 Å². The van der Waals surface area contributed by atoms with Gasteiger partial charge in [0.1, 0.15) is 5.82 Å². The van der Waals surface area contributed by atoms with Crippen LogP contribution in [-0.4, -0.2) is 35.0 Å². The van der Waals surface area contributed by atoms with Crippen LogP contribution in [0.2, 0.25) is 0 Å². The van der Waals surface area contributed by atoms with Crippen molar-refractivity contribution in [3.05, 3.63) is 75.6 Å². The Morgan fingerprint density at radius 1 is 1.23 bits per heavy atom. The summed E-state index contributed by atoms with van der Waals surface area (Å²) in [7, 11) is 0. The average molecular weight is 358 g/mol. The van der Waals surface area contributed by atoms with Gasteiger partial charge in [0.05, 0.1) is 11.0 Å². The van der Waals surface area contributed by atoms with Crippen LogP contribution in [0.4, 0.5) is 10.1 Å². The van der Waals surface area contributed by atoms with Gasteiger partial charge in [-0.05, 0) is 31.0 Å². The number of ether oxygens (including phenoxy) is 1. The molecule has 0 aliphatic carbocycles. The highest BCUT2D eigenvalue weighted by atomic mass is 19.1. The maximum atomic E-state index is 14.0. The Kier molecular flexibility index (Phi) is 5.58. The van der Waals surface area contributed by atoms with Crippen molar-refractivity contribution in [3.8, 4) is 0 Å². The first-order valence-electron chi connectivity index (χ1n) is 8.43. The molecule has 0 spiro atoms. The minimum Gasteiger partial charge on any atom is -0.376 e. The zero-order valence-electron chi connectivity index (χ0n) is 14.1. The Bertz CT molecular complexity index is 788. The van der Waals surface area contributed by atoms with Crippen LogP contribution in [0.5, 0.6) is 0 Å². The van der Waals surface area contributed by atoms with Crippen molar-refractivity contribution < 1.29 is 18.8 Å². The zero-order chi connectivity index (χ0) is 18.5. The standard InChI is InChI=1S/C19H19FN2O4/c20-18-6-2-1-4-15(18)12-21(13-17-5-3-11-26-17)19(23)14-7-9-16(10-8-14)22(24)25/h1-2,4,6-10,17H,3,5,11-13H2. The Hall–Kier alpha value is -2.80. The van der Waals surface area contributed by atoms with E-state index in [-0.39, 0.29) is 30.1 Å². The molecule has 0 aromatic heterocycles. The molecule has 3 rings (SSSR count). The number of hydrogen-bond donors (Lipinski definition) is 0. The van der Waals surface area contributed by atoms with Crippen molar-refractivity contribution in [2.45, 2.75) is 25.5 Å². The Morgan fingerprint density at radius 2 is 1.96 bits per heavy atom. The normalized spacial score (nSPS) is 16.4. The van der Waals surface area contributed by atoms with Gasteiger partial charge in [-0.15, -0.1) is 0 Å². The highest BCUT2D eigenvalue weighted by Crippen LogP contribution is 2.20. The van der Waals surface area contributed by atoms with Gasteiger partial charge in [-0.3, -0.25) is 14.9 Å². The highest BCUT2D eigenvalue weighted by Gasteiger charge is 2.24. The molecule has 0 saturated carbocycles. The molecular weight excluding hydrogens is 339 g/mol. The van der Waals surface area contributed by atoms with Gasteiger partial charge < -0.3 is 9.64 Å². The Balaban J connectivity index is 1.82. The van der Waals surface area contributed by atoms with Crippen LogP contribution in [0.1, 0.15) is 28.8 Å². The third-order valence-corrected chi connectivity index (χ3v) is 4.38. The molecule has 1 heterocycles. The summed E-state index contributed by atoms with van der Waals surface area (Å²) in [5.74, 6) is -0.681. The van der Waals surface area contributed by atoms with Gasteiger partial charge in [-0.2, -0.15) is 0 Å². The van der Waals surface area contributed by atoms with Crippen molar-refractivity contribution in [2.24, 2.45) is 0 Å². The molecule has 7 heteroatoms. The van der Waals surface area contributed by atoms with E-state index in [0.29, 0.717) is 24.3 Å². The zero-order valence-corrected chi connectivity index (χ0v) is 14.1. The summed E-state index contributed by atoms with van der Waals surface area (Å²) >= 11 is 0. The van der Waals surface area contributed by atoms with E-state index >= 15 is 0 Å². The fraction of sp³-hybridized carbons (Fsp3) is 0.316. The smallest absolute Gasteiger partial charge is 0.269 e. The molecule has 0 N–H and O–H groups in total. The maximum Gasteiger partial charge on any atom is 0.269 e. The lowest BCUT2D eigenvalue weighted by molar-refractivity contribution is -0.384. The quantitative estimate of drug-likeness (QED) is 0.585. The number of nitro benzene ring substituents is 1. The van der Waals surface area contributed by atoms with Gasteiger partial charge >= 0.3 is 0 Å². The Labute approximate surface area is 150 Å². The molecule has 1 aliphatic rings. The lowest BCUT2D eigenvalue weighted by Gasteiger charge is -2.26. The molecule has 2 aromatic rings. The van der Waals surface area contributed by atoms with Crippen LogP contribution >= 0.6 is 0 Å². The number of nitrogens with zero attached hydrogens (tertiary/aromatic N) is 2. The van der Waals surface area contributed by atoms with Gasteiger partial charge in [-0.1, -0.05) is 18.2 Å². The van der Waals surface area contributed by atoms with E-state index in [2.05, 4.69) is 0 Å². The fourth-order valence-corrected chi connectivity index (χ4v) is 2.99. The highest BCUT2D eigenvalue weighted by molar-refractivity contribution is 5.94. The molecular formula is C19H19FN2O4. The summed E-state index contributed by atoms with van der Waals surface area (Å²) in [5, 5.41) is 10.8. The summed E-state index contributed by atoms with van der Waals surface area (Å²) in [6, 6.07) is 11.7. The van der Waals surface area contributed by atoms with Crippen LogP contribution in [0.15, 0.2) is 48.5 Å². The second kappa shape index (κ2) is 8.05. The summed E-state index contributed by atoms with van der Waals surface area (Å²) < 4.78 is 19.6. The van der Waals surface area contributed by atoms with E-state index in [9.17, 15) is 19.3 Å². The maximum absolute atomic E-state index is 14.0. The predicted octanol–water partition coefficient (Wildman–Crippen LogP) is 3.56. The van der Waals surface area contributed by atoms with Crippen LogP contribution in [-0.2, 0) is 11.3 Å². The lowest BCUT2D eigenvalue weighted by atomic mass is 10.1. The van der Waals surface area contributed by atoms with E-state index in [0.717, 1.165) is 12.8 Å². The van der Waals surface area contributed by atoms with E-state index in [1.165, 1.54) is 35.2 Å². The predicted molar refractivity (Wildman–Crippen MR) is 93.2 cm³/mol.